The highest BCUT2D eigenvalue weighted by Crippen LogP contribution is 2.17. The van der Waals surface area contributed by atoms with E-state index >= 15 is 0 Å². The maximum atomic E-state index is 11.8. The van der Waals surface area contributed by atoms with Crippen molar-refractivity contribution in [2.75, 3.05) is 14.2 Å². The van der Waals surface area contributed by atoms with Gasteiger partial charge >= 0.3 is 0 Å². The number of amides is 1. The summed E-state index contributed by atoms with van der Waals surface area (Å²) in [4.78, 5) is 19.7. The number of nitrogens with one attached hydrogen (secondary N) is 1. The van der Waals surface area contributed by atoms with Gasteiger partial charge in [0, 0.05) is 18.0 Å². The van der Waals surface area contributed by atoms with Crippen molar-refractivity contribution in [1.82, 2.24) is 10.0 Å². The second-order valence-electron chi connectivity index (χ2n) is 3.76. The van der Waals surface area contributed by atoms with Crippen LogP contribution in [0.3, 0.4) is 0 Å². The van der Waals surface area contributed by atoms with Crippen LogP contribution in [0, 0.1) is 6.92 Å². The Labute approximate surface area is 93.8 Å². The Hall–Kier alpha value is -1.81. The number of aromatic nitrogens is 1. The van der Waals surface area contributed by atoms with Gasteiger partial charge in [0.05, 0.1) is 7.11 Å². The molecule has 1 aromatic carbocycles. The third-order valence-electron chi connectivity index (χ3n) is 2.57. The second kappa shape index (κ2) is 3.98. The van der Waals surface area contributed by atoms with Gasteiger partial charge in [-0.3, -0.25) is 9.63 Å². The van der Waals surface area contributed by atoms with E-state index in [0.29, 0.717) is 5.69 Å². The Morgan fingerprint density at radius 2 is 2.12 bits per heavy atom. The zero-order chi connectivity index (χ0) is 11.7. The summed E-state index contributed by atoms with van der Waals surface area (Å²) in [6.45, 7) is 2.02. The minimum atomic E-state index is -0.184. The number of aryl methyl sites for hydroxylation is 1. The van der Waals surface area contributed by atoms with Crippen LogP contribution in [0.4, 0.5) is 0 Å². The second-order valence-corrected chi connectivity index (χ2v) is 3.76. The van der Waals surface area contributed by atoms with Gasteiger partial charge < -0.3 is 4.98 Å². The lowest BCUT2D eigenvalue weighted by atomic mass is 10.2. The smallest absolute Gasteiger partial charge is 0.293 e. The third-order valence-corrected chi connectivity index (χ3v) is 2.57. The van der Waals surface area contributed by atoms with Crippen LogP contribution in [0.5, 0.6) is 0 Å². The fraction of sp³-hybridized carbons (Fsp3) is 0.250. The highest BCUT2D eigenvalue weighted by molar-refractivity contribution is 5.97. The van der Waals surface area contributed by atoms with Gasteiger partial charge in [0.15, 0.2) is 0 Å². The molecule has 0 atom stereocenters. The molecule has 0 unspecified atom stereocenters. The number of fused-ring (bicyclic) bond motifs is 1. The van der Waals surface area contributed by atoms with Crippen LogP contribution >= 0.6 is 0 Å². The van der Waals surface area contributed by atoms with E-state index in [4.69, 9.17) is 4.84 Å². The van der Waals surface area contributed by atoms with E-state index in [0.717, 1.165) is 10.9 Å². The monoisotopic (exact) mass is 218 g/mol. The molecule has 0 aliphatic rings. The Bertz CT molecular complexity index is 531. The zero-order valence-corrected chi connectivity index (χ0v) is 9.57. The first-order chi connectivity index (χ1) is 7.61. The van der Waals surface area contributed by atoms with Crippen molar-refractivity contribution in [3.8, 4) is 0 Å². The van der Waals surface area contributed by atoms with Crippen LogP contribution in [0.2, 0.25) is 0 Å². The number of rotatable bonds is 2. The Kier molecular flexibility index (Phi) is 2.66. The van der Waals surface area contributed by atoms with Gasteiger partial charge in [0.1, 0.15) is 5.69 Å². The lowest BCUT2D eigenvalue weighted by Gasteiger charge is -2.11. The molecule has 0 aliphatic carbocycles. The number of hydrogen-bond donors (Lipinski definition) is 1. The van der Waals surface area contributed by atoms with Gasteiger partial charge in [-0.1, -0.05) is 11.6 Å². The topological polar surface area (TPSA) is 45.3 Å². The minimum Gasteiger partial charge on any atom is -0.350 e. The van der Waals surface area contributed by atoms with Crippen molar-refractivity contribution in [2.24, 2.45) is 0 Å². The molecule has 4 heteroatoms. The summed E-state index contributed by atoms with van der Waals surface area (Å²) in [6, 6.07) is 7.84. The van der Waals surface area contributed by atoms with Gasteiger partial charge in [-0.25, -0.2) is 5.06 Å². The number of carbonyl (C=O) groups excluding carboxylic acids is 1. The highest BCUT2D eigenvalue weighted by atomic mass is 16.7. The van der Waals surface area contributed by atoms with Crippen molar-refractivity contribution in [3.05, 3.63) is 35.5 Å². The molecule has 0 spiro atoms. The normalized spacial score (nSPS) is 10.7. The number of nitrogens with zero attached hydrogens (tertiary/aromatic N) is 1. The van der Waals surface area contributed by atoms with Crippen LogP contribution < -0.4 is 0 Å². The summed E-state index contributed by atoms with van der Waals surface area (Å²) >= 11 is 0. The van der Waals surface area contributed by atoms with Gasteiger partial charge in [0.25, 0.3) is 5.91 Å². The summed E-state index contributed by atoms with van der Waals surface area (Å²) in [5, 5.41) is 2.23. The first-order valence-electron chi connectivity index (χ1n) is 5.03. The molecular formula is C12H14N2O2. The van der Waals surface area contributed by atoms with Gasteiger partial charge in [0.2, 0.25) is 0 Å². The number of H-pyrrole nitrogens is 1. The van der Waals surface area contributed by atoms with E-state index < -0.39 is 0 Å². The average molecular weight is 218 g/mol. The molecular weight excluding hydrogens is 204 g/mol. The third kappa shape index (κ3) is 1.79. The molecule has 1 aromatic heterocycles. The molecule has 16 heavy (non-hydrogen) atoms. The van der Waals surface area contributed by atoms with Crippen molar-refractivity contribution >= 4 is 16.8 Å². The number of hydroxylamine groups is 2. The molecule has 0 aliphatic heterocycles. The lowest BCUT2D eigenvalue weighted by molar-refractivity contribution is -0.0759. The standard InChI is InChI=1S/C12H14N2O2/c1-8-4-5-10-9(6-8)7-11(13-10)12(15)14(2)16-3/h4-7,13H,1-3H3. The lowest BCUT2D eigenvalue weighted by Crippen LogP contribution is -2.25. The van der Waals surface area contributed by atoms with E-state index in [1.165, 1.54) is 17.7 Å². The first-order valence-corrected chi connectivity index (χ1v) is 5.03. The van der Waals surface area contributed by atoms with Crippen molar-refractivity contribution in [1.29, 1.82) is 0 Å². The van der Waals surface area contributed by atoms with E-state index in [1.807, 2.05) is 31.2 Å². The van der Waals surface area contributed by atoms with Crippen LogP contribution in [-0.4, -0.2) is 30.1 Å². The molecule has 0 bridgehead atoms. The molecule has 2 aromatic rings. The summed E-state index contributed by atoms with van der Waals surface area (Å²) in [6.07, 6.45) is 0. The summed E-state index contributed by atoms with van der Waals surface area (Å²) < 4.78 is 0. The summed E-state index contributed by atoms with van der Waals surface area (Å²) in [5.74, 6) is -0.184. The SMILES string of the molecule is CON(C)C(=O)c1cc2cc(C)ccc2[nH]1. The first kappa shape index (κ1) is 10.7. The molecule has 2 rings (SSSR count). The van der Waals surface area contributed by atoms with E-state index in [2.05, 4.69) is 4.98 Å². The van der Waals surface area contributed by atoms with Crippen LogP contribution in [0.25, 0.3) is 10.9 Å². The largest absolute Gasteiger partial charge is 0.350 e. The predicted molar refractivity (Wildman–Crippen MR) is 62.1 cm³/mol. The van der Waals surface area contributed by atoms with E-state index in [1.54, 1.807) is 7.05 Å². The molecule has 4 nitrogen and oxygen atoms in total. The number of carbonyl (C=O) groups is 1. The predicted octanol–water partition coefficient (Wildman–Crippen LogP) is 2.11. The fourth-order valence-electron chi connectivity index (χ4n) is 1.62. The van der Waals surface area contributed by atoms with Crippen LogP contribution in [0.1, 0.15) is 16.1 Å². The molecule has 0 fully saturated rings. The fourth-order valence-corrected chi connectivity index (χ4v) is 1.62. The quantitative estimate of drug-likeness (QED) is 0.785. The molecule has 84 valence electrons. The van der Waals surface area contributed by atoms with Gasteiger partial charge in [-0.15, -0.1) is 0 Å². The number of hydrogen-bond acceptors (Lipinski definition) is 2. The van der Waals surface area contributed by atoms with Crippen molar-refractivity contribution in [2.45, 2.75) is 6.92 Å². The maximum Gasteiger partial charge on any atom is 0.293 e. The molecule has 0 saturated heterocycles. The van der Waals surface area contributed by atoms with Crippen molar-refractivity contribution in [3.63, 3.8) is 0 Å². The summed E-state index contributed by atoms with van der Waals surface area (Å²) in [7, 11) is 3.05. The van der Waals surface area contributed by atoms with Crippen LogP contribution in [0.15, 0.2) is 24.3 Å². The molecule has 0 saturated carbocycles. The van der Waals surface area contributed by atoms with Gasteiger partial charge in [-0.05, 0) is 25.1 Å². The Morgan fingerprint density at radius 3 is 2.81 bits per heavy atom. The average Bonchev–Trinajstić information content (AvgIpc) is 2.69. The number of benzene rings is 1. The van der Waals surface area contributed by atoms with E-state index in [-0.39, 0.29) is 5.91 Å². The van der Waals surface area contributed by atoms with E-state index in [9.17, 15) is 4.79 Å². The Balaban J connectivity index is 2.43. The molecule has 0 radical (unpaired) electrons. The zero-order valence-electron chi connectivity index (χ0n) is 9.57. The van der Waals surface area contributed by atoms with Crippen LogP contribution in [-0.2, 0) is 4.84 Å². The van der Waals surface area contributed by atoms with Crippen molar-refractivity contribution < 1.29 is 9.63 Å². The summed E-state index contributed by atoms with van der Waals surface area (Å²) in [5.41, 5.74) is 2.66. The van der Waals surface area contributed by atoms with Gasteiger partial charge in [-0.2, -0.15) is 0 Å². The Morgan fingerprint density at radius 1 is 1.38 bits per heavy atom. The molecule has 1 N–H and O–H groups in total. The maximum absolute atomic E-state index is 11.8. The highest BCUT2D eigenvalue weighted by Gasteiger charge is 2.13. The number of aromatic amines is 1. The minimum absolute atomic E-state index is 0.184. The molecule has 1 heterocycles. The molecule has 1 amide bonds.